The fraction of sp³-hybridized carbons (Fsp3) is 0.0870. The number of nitrogens with two attached hydrogens (primary N) is 1. The standard InChI is InChI=1S/C46H35N3/c1-2-10-30(11-3-1)37-25-38(35-19-18-31-12-4-6-14-33(31)24-35)27-39(26-37)36-21-23-44-41(29-36)45-46(48-43-17-9-8-16-42(43)47-45)49(44)40-22-20-32-13-5-7-15-34(32)28-40/h1-15,17-29,42,45-48H,16H2/p+1. The van der Waals surface area contributed by atoms with Gasteiger partial charge in [-0.2, -0.15) is 0 Å². The molecule has 7 aromatic rings. The lowest BCUT2D eigenvalue weighted by atomic mass is 9.91. The van der Waals surface area contributed by atoms with Crippen LogP contribution in [-0.4, -0.2) is 12.2 Å². The van der Waals surface area contributed by atoms with Crippen LogP contribution in [0, 0.1) is 0 Å². The summed E-state index contributed by atoms with van der Waals surface area (Å²) < 4.78 is 0. The zero-order valence-electron chi connectivity index (χ0n) is 27.1. The number of rotatable bonds is 4. The lowest BCUT2D eigenvalue weighted by Gasteiger charge is -2.38. The van der Waals surface area contributed by atoms with Gasteiger partial charge in [0.15, 0.2) is 12.2 Å². The molecule has 0 radical (unpaired) electrons. The molecular formula is C46H36N3+. The van der Waals surface area contributed by atoms with E-state index in [0.29, 0.717) is 6.04 Å². The second-order valence-corrected chi connectivity index (χ2v) is 13.6. The zero-order chi connectivity index (χ0) is 32.3. The summed E-state index contributed by atoms with van der Waals surface area (Å²) in [6.07, 6.45) is 7.91. The predicted molar refractivity (Wildman–Crippen MR) is 204 cm³/mol. The van der Waals surface area contributed by atoms with Crippen molar-refractivity contribution < 1.29 is 5.32 Å². The van der Waals surface area contributed by atoms with Crippen LogP contribution in [0.1, 0.15) is 18.0 Å². The Morgan fingerprint density at radius 3 is 1.94 bits per heavy atom. The lowest BCUT2D eigenvalue weighted by Crippen LogP contribution is -2.96. The number of quaternary nitrogens is 1. The summed E-state index contributed by atoms with van der Waals surface area (Å²) in [6.45, 7) is 0. The van der Waals surface area contributed by atoms with E-state index >= 15 is 0 Å². The molecule has 3 atom stereocenters. The van der Waals surface area contributed by atoms with Gasteiger partial charge in [0.25, 0.3) is 0 Å². The van der Waals surface area contributed by atoms with Gasteiger partial charge in [0, 0.05) is 17.7 Å². The molecule has 3 heteroatoms. The maximum atomic E-state index is 4.00. The van der Waals surface area contributed by atoms with Crippen LogP contribution >= 0.6 is 0 Å². The highest BCUT2D eigenvalue weighted by Gasteiger charge is 2.47. The zero-order valence-corrected chi connectivity index (χ0v) is 27.1. The number of anilines is 2. The monoisotopic (exact) mass is 630 g/mol. The minimum absolute atomic E-state index is 0.115. The molecule has 3 unspecified atom stereocenters. The number of nitrogens with one attached hydrogen (secondary N) is 1. The number of hydrogen-bond donors (Lipinski definition) is 2. The molecule has 0 amide bonds. The molecule has 0 bridgehead atoms. The number of hydrogen-bond acceptors (Lipinski definition) is 2. The SMILES string of the molecule is C1=CCC2[NH2+]C3c4cc(-c5cc(-c6ccccc6)cc(-c6ccc7ccccc7c6)c5)ccc4N(c4ccc5ccccc5c4)C3NC2=C1. The first-order valence-corrected chi connectivity index (χ1v) is 17.4. The molecule has 2 aliphatic heterocycles. The largest absolute Gasteiger partial charge is 0.358 e. The average Bonchev–Trinajstić information content (AvgIpc) is 3.49. The molecule has 1 aliphatic carbocycles. The van der Waals surface area contributed by atoms with Gasteiger partial charge < -0.3 is 15.5 Å². The third-order valence-corrected chi connectivity index (χ3v) is 10.7. The summed E-state index contributed by atoms with van der Waals surface area (Å²) in [5.41, 5.74) is 12.6. The van der Waals surface area contributed by atoms with Gasteiger partial charge in [-0.25, -0.2) is 0 Å². The lowest BCUT2D eigenvalue weighted by molar-refractivity contribution is -0.728. The van der Waals surface area contributed by atoms with E-state index < -0.39 is 0 Å². The number of allylic oxidation sites excluding steroid dienone is 2. The first kappa shape index (κ1) is 28.1. The Morgan fingerprint density at radius 2 is 1.16 bits per heavy atom. The van der Waals surface area contributed by atoms with Crippen LogP contribution in [0.2, 0.25) is 0 Å². The number of benzene rings is 7. The second kappa shape index (κ2) is 11.4. The fourth-order valence-corrected chi connectivity index (χ4v) is 8.22. The Balaban J connectivity index is 1.12. The molecule has 0 aromatic heterocycles. The van der Waals surface area contributed by atoms with Crippen LogP contribution in [0.4, 0.5) is 11.4 Å². The van der Waals surface area contributed by atoms with E-state index in [1.165, 1.54) is 77.6 Å². The summed E-state index contributed by atoms with van der Waals surface area (Å²) in [5.74, 6) is 0. The summed E-state index contributed by atoms with van der Waals surface area (Å²) in [7, 11) is 0. The maximum Gasteiger partial charge on any atom is 0.161 e. The highest BCUT2D eigenvalue weighted by molar-refractivity contribution is 5.91. The summed E-state index contributed by atoms with van der Waals surface area (Å²) in [6, 6.07) is 56.7. The van der Waals surface area contributed by atoms with Crippen molar-refractivity contribution in [3.05, 3.63) is 181 Å². The van der Waals surface area contributed by atoms with Gasteiger partial charge in [-0.3, -0.25) is 0 Å². The van der Waals surface area contributed by atoms with Gasteiger partial charge in [0.1, 0.15) is 6.04 Å². The first-order chi connectivity index (χ1) is 24.2. The highest BCUT2D eigenvalue weighted by Crippen LogP contribution is 2.46. The Hall–Kier alpha value is -5.90. The third kappa shape index (κ3) is 4.85. The van der Waals surface area contributed by atoms with Crippen LogP contribution in [0.15, 0.2) is 176 Å². The summed E-state index contributed by atoms with van der Waals surface area (Å²) >= 11 is 0. The number of piperazine rings is 1. The van der Waals surface area contributed by atoms with E-state index in [0.717, 1.165) is 6.42 Å². The quantitative estimate of drug-likeness (QED) is 0.203. The van der Waals surface area contributed by atoms with Crippen molar-refractivity contribution in [2.75, 3.05) is 4.90 Å². The van der Waals surface area contributed by atoms with Crippen molar-refractivity contribution in [2.45, 2.75) is 24.7 Å². The summed E-state index contributed by atoms with van der Waals surface area (Å²) in [5, 5.41) is 11.6. The van der Waals surface area contributed by atoms with Gasteiger partial charge in [-0.15, -0.1) is 0 Å². The van der Waals surface area contributed by atoms with E-state index in [4.69, 9.17) is 0 Å². The van der Waals surface area contributed by atoms with Crippen molar-refractivity contribution in [3.8, 4) is 33.4 Å². The van der Waals surface area contributed by atoms with Gasteiger partial charge in [0.2, 0.25) is 0 Å². The molecule has 1 saturated heterocycles. The van der Waals surface area contributed by atoms with Gasteiger partial charge in [-0.1, -0.05) is 115 Å². The van der Waals surface area contributed by atoms with Crippen LogP contribution in [0.5, 0.6) is 0 Å². The van der Waals surface area contributed by atoms with Crippen molar-refractivity contribution >= 4 is 32.9 Å². The first-order valence-electron chi connectivity index (χ1n) is 17.4. The second-order valence-electron chi connectivity index (χ2n) is 13.6. The molecular weight excluding hydrogens is 595 g/mol. The van der Waals surface area contributed by atoms with E-state index in [-0.39, 0.29) is 12.2 Å². The molecule has 234 valence electrons. The van der Waals surface area contributed by atoms with Crippen molar-refractivity contribution in [2.24, 2.45) is 0 Å². The van der Waals surface area contributed by atoms with E-state index in [1.54, 1.807) is 0 Å². The molecule has 0 saturated carbocycles. The van der Waals surface area contributed by atoms with E-state index in [1.807, 2.05) is 0 Å². The molecule has 2 heterocycles. The minimum Gasteiger partial charge on any atom is -0.358 e. The molecule has 3 N–H and O–H groups in total. The molecule has 1 fully saturated rings. The van der Waals surface area contributed by atoms with Crippen LogP contribution in [0.25, 0.3) is 54.9 Å². The highest BCUT2D eigenvalue weighted by atomic mass is 15.4. The number of nitrogens with zero attached hydrogens (tertiary/aromatic N) is 1. The van der Waals surface area contributed by atoms with Crippen LogP contribution in [-0.2, 0) is 0 Å². The molecule has 0 spiro atoms. The summed E-state index contributed by atoms with van der Waals surface area (Å²) in [4.78, 5) is 2.53. The third-order valence-electron chi connectivity index (χ3n) is 10.7. The molecule has 3 nitrogen and oxygen atoms in total. The van der Waals surface area contributed by atoms with Gasteiger partial charge in [0.05, 0.1) is 11.4 Å². The van der Waals surface area contributed by atoms with Gasteiger partial charge >= 0.3 is 0 Å². The van der Waals surface area contributed by atoms with Crippen molar-refractivity contribution in [1.82, 2.24) is 5.32 Å². The molecule has 10 rings (SSSR count). The van der Waals surface area contributed by atoms with Gasteiger partial charge in [-0.05, 0) is 110 Å². The predicted octanol–water partition coefficient (Wildman–Crippen LogP) is 9.89. The minimum atomic E-state index is 0.115. The van der Waals surface area contributed by atoms with E-state index in [2.05, 4.69) is 185 Å². The normalized spacial score (nSPS) is 19.2. The van der Waals surface area contributed by atoms with Crippen LogP contribution in [0.3, 0.4) is 0 Å². The number of fused-ring (bicyclic) bond motifs is 6. The topological polar surface area (TPSA) is 31.9 Å². The molecule has 49 heavy (non-hydrogen) atoms. The smallest absolute Gasteiger partial charge is 0.161 e. The van der Waals surface area contributed by atoms with Crippen molar-refractivity contribution in [3.63, 3.8) is 0 Å². The van der Waals surface area contributed by atoms with Crippen LogP contribution < -0.4 is 15.5 Å². The Morgan fingerprint density at radius 1 is 0.531 bits per heavy atom. The van der Waals surface area contributed by atoms with E-state index in [9.17, 15) is 0 Å². The Bertz CT molecular complexity index is 2460. The fourth-order valence-electron chi connectivity index (χ4n) is 8.22. The maximum absolute atomic E-state index is 4.00. The molecule has 7 aromatic carbocycles. The molecule has 3 aliphatic rings. The van der Waals surface area contributed by atoms with Crippen molar-refractivity contribution in [1.29, 1.82) is 0 Å². The Labute approximate surface area is 286 Å². The average molecular weight is 631 g/mol. The Kier molecular flexibility index (Phi) is 6.53.